The molecule has 3 aromatic rings. The summed E-state index contributed by atoms with van der Waals surface area (Å²) in [5.74, 6) is -0.367. The van der Waals surface area contributed by atoms with Crippen LogP contribution in [0, 0.1) is 6.92 Å². The average molecular weight is 425 g/mol. The zero-order valence-corrected chi connectivity index (χ0v) is 16.1. The summed E-state index contributed by atoms with van der Waals surface area (Å²) in [5, 5.41) is 5.43. The van der Waals surface area contributed by atoms with E-state index in [-0.39, 0.29) is 11.6 Å². The van der Waals surface area contributed by atoms with Gasteiger partial charge in [-0.3, -0.25) is 9.59 Å². The first-order valence-corrected chi connectivity index (χ1v) is 9.01. The molecular formula is C21H17BrN2O3. The van der Waals surface area contributed by atoms with Crippen molar-refractivity contribution in [1.82, 2.24) is 5.32 Å². The van der Waals surface area contributed by atoms with Crippen LogP contribution in [0.15, 0.2) is 81.5 Å². The second-order valence-electron chi connectivity index (χ2n) is 5.85. The molecule has 0 bridgehead atoms. The first-order chi connectivity index (χ1) is 13.0. The summed E-state index contributed by atoms with van der Waals surface area (Å²) < 4.78 is 6.17. The fraction of sp³-hybridized carbons (Fsp3) is 0.0476. The predicted molar refractivity (Wildman–Crippen MR) is 108 cm³/mol. The fourth-order valence-corrected chi connectivity index (χ4v) is 2.57. The van der Waals surface area contributed by atoms with Gasteiger partial charge in [-0.15, -0.1) is 0 Å². The van der Waals surface area contributed by atoms with E-state index >= 15 is 0 Å². The van der Waals surface area contributed by atoms with Crippen LogP contribution in [0.2, 0.25) is 0 Å². The van der Waals surface area contributed by atoms with Crippen LogP contribution in [-0.2, 0) is 4.79 Å². The molecular weight excluding hydrogens is 408 g/mol. The summed E-state index contributed by atoms with van der Waals surface area (Å²) >= 11 is 3.35. The number of halogens is 1. The number of anilines is 1. The van der Waals surface area contributed by atoms with Gasteiger partial charge in [-0.1, -0.05) is 33.6 Å². The summed E-state index contributed by atoms with van der Waals surface area (Å²) in [4.78, 5) is 25.2. The van der Waals surface area contributed by atoms with E-state index in [1.54, 1.807) is 36.4 Å². The number of rotatable bonds is 5. The van der Waals surface area contributed by atoms with Gasteiger partial charge in [-0.05, 0) is 55.5 Å². The van der Waals surface area contributed by atoms with E-state index < -0.39 is 5.91 Å². The Balaban J connectivity index is 1.82. The summed E-state index contributed by atoms with van der Waals surface area (Å²) in [6.45, 7) is 1.94. The van der Waals surface area contributed by atoms with E-state index in [0.29, 0.717) is 17.0 Å². The van der Waals surface area contributed by atoms with Gasteiger partial charge in [0.2, 0.25) is 0 Å². The Labute approximate surface area is 165 Å². The topological polar surface area (TPSA) is 71.3 Å². The van der Waals surface area contributed by atoms with Crippen molar-refractivity contribution in [1.29, 1.82) is 0 Å². The quantitative estimate of drug-likeness (QED) is 0.579. The number of hydrogen-bond donors (Lipinski definition) is 2. The maximum absolute atomic E-state index is 12.7. The third-order valence-electron chi connectivity index (χ3n) is 3.74. The third-order valence-corrected chi connectivity index (χ3v) is 4.27. The molecule has 0 aliphatic heterocycles. The lowest BCUT2D eigenvalue weighted by molar-refractivity contribution is -0.113. The van der Waals surface area contributed by atoms with Crippen LogP contribution < -0.4 is 10.6 Å². The predicted octanol–water partition coefficient (Wildman–Crippen LogP) is 4.76. The first kappa shape index (κ1) is 18.7. The van der Waals surface area contributed by atoms with Crippen LogP contribution in [0.25, 0.3) is 6.08 Å². The van der Waals surface area contributed by atoms with Crippen LogP contribution in [0.5, 0.6) is 0 Å². The maximum atomic E-state index is 12.7. The van der Waals surface area contributed by atoms with Crippen molar-refractivity contribution in [3.63, 3.8) is 0 Å². The third kappa shape index (κ3) is 5.18. The number of hydrogen-bond acceptors (Lipinski definition) is 3. The normalized spacial score (nSPS) is 11.1. The van der Waals surface area contributed by atoms with E-state index in [9.17, 15) is 9.59 Å². The number of carbonyl (C=O) groups is 2. The van der Waals surface area contributed by atoms with Crippen molar-refractivity contribution in [3.05, 3.63) is 94.0 Å². The van der Waals surface area contributed by atoms with Gasteiger partial charge in [0.1, 0.15) is 11.5 Å². The Morgan fingerprint density at radius 1 is 1.00 bits per heavy atom. The van der Waals surface area contributed by atoms with Crippen LogP contribution in [0.4, 0.5) is 5.69 Å². The highest BCUT2D eigenvalue weighted by atomic mass is 79.9. The monoisotopic (exact) mass is 424 g/mol. The van der Waals surface area contributed by atoms with Crippen molar-refractivity contribution in [2.75, 3.05) is 5.32 Å². The zero-order chi connectivity index (χ0) is 19.2. The largest absolute Gasteiger partial charge is 0.465 e. The van der Waals surface area contributed by atoms with Crippen LogP contribution >= 0.6 is 15.9 Å². The Hall–Kier alpha value is -3.12. The molecule has 3 rings (SSSR count). The maximum Gasteiger partial charge on any atom is 0.272 e. The minimum Gasteiger partial charge on any atom is -0.465 e. The number of carbonyl (C=O) groups excluding carboxylic acids is 2. The SMILES string of the molecule is Cc1ccc(C(=O)N/C(=C/c2ccco2)C(=O)Nc2ccc(Br)cc2)cc1. The molecule has 2 amide bonds. The van der Waals surface area contributed by atoms with E-state index in [1.165, 1.54) is 12.3 Å². The first-order valence-electron chi connectivity index (χ1n) is 8.21. The molecule has 0 fully saturated rings. The van der Waals surface area contributed by atoms with Gasteiger partial charge in [0.25, 0.3) is 11.8 Å². The Bertz CT molecular complexity index is 960. The number of aryl methyl sites for hydroxylation is 1. The molecule has 0 aliphatic rings. The molecule has 27 heavy (non-hydrogen) atoms. The second-order valence-corrected chi connectivity index (χ2v) is 6.77. The van der Waals surface area contributed by atoms with Crippen molar-refractivity contribution in [3.8, 4) is 0 Å². The molecule has 1 heterocycles. The van der Waals surface area contributed by atoms with Crippen molar-refractivity contribution >= 4 is 39.5 Å². The number of benzene rings is 2. The van der Waals surface area contributed by atoms with E-state index in [1.807, 2.05) is 31.2 Å². The van der Waals surface area contributed by atoms with Crippen LogP contribution in [-0.4, -0.2) is 11.8 Å². The molecule has 0 unspecified atom stereocenters. The highest BCUT2D eigenvalue weighted by Crippen LogP contribution is 2.16. The summed E-state index contributed by atoms with van der Waals surface area (Å²) in [6.07, 6.45) is 2.98. The molecule has 0 saturated carbocycles. The fourth-order valence-electron chi connectivity index (χ4n) is 2.31. The van der Waals surface area contributed by atoms with E-state index in [2.05, 4.69) is 26.6 Å². The summed E-state index contributed by atoms with van der Waals surface area (Å²) in [7, 11) is 0. The molecule has 5 nitrogen and oxygen atoms in total. The Kier molecular flexibility index (Phi) is 5.88. The van der Waals surface area contributed by atoms with Crippen molar-refractivity contribution in [2.24, 2.45) is 0 Å². The molecule has 136 valence electrons. The van der Waals surface area contributed by atoms with Crippen LogP contribution in [0.1, 0.15) is 21.7 Å². The van der Waals surface area contributed by atoms with Crippen LogP contribution in [0.3, 0.4) is 0 Å². The summed E-state index contributed by atoms with van der Waals surface area (Å²) in [6, 6.07) is 17.7. The smallest absolute Gasteiger partial charge is 0.272 e. The van der Waals surface area contributed by atoms with Gasteiger partial charge >= 0.3 is 0 Å². The lowest BCUT2D eigenvalue weighted by Crippen LogP contribution is -2.30. The molecule has 6 heteroatoms. The molecule has 0 saturated heterocycles. The molecule has 2 N–H and O–H groups in total. The zero-order valence-electron chi connectivity index (χ0n) is 14.5. The van der Waals surface area contributed by atoms with Crippen molar-refractivity contribution in [2.45, 2.75) is 6.92 Å². The van der Waals surface area contributed by atoms with E-state index in [0.717, 1.165) is 10.0 Å². The number of furan rings is 1. The van der Waals surface area contributed by atoms with Crippen molar-refractivity contribution < 1.29 is 14.0 Å². The average Bonchev–Trinajstić information content (AvgIpc) is 3.16. The molecule has 0 aliphatic carbocycles. The van der Waals surface area contributed by atoms with Gasteiger partial charge in [0.15, 0.2) is 0 Å². The van der Waals surface area contributed by atoms with Gasteiger partial charge in [-0.25, -0.2) is 0 Å². The Morgan fingerprint density at radius 3 is 2.33 bits per heavy atom. The second kappa shape index (κ2) is 8.51. The molecule has 1 aromatic heterocycles. The minimum absolute atomic E-state index is 0.0819. The van der Waals surface area contributed by atoms with Gasteiger partial charge < -0.3 is 15.1 Å². The number of nitrogens with one attached hydrogen (secondary N) is 2. The number of amides is 2. The van der Waals surface area contributed by atoms with Gasteiger partial charge in [0, 0.05) is 21.8 Å². The van der Waals surface area contributed by atoms with E-state index in [4.69, 9.17) is 4.42 Å². The standard InChI is InChI=1S/C21H17BrN2O3/c1-14-4-6-15(7-5-14)20(25)24-19(13-18-3-2-12-27-18)21(26)23-17-10-8-16(22)9-11-17/h2-13H,1H3,(H,23,26)(H,24,25)/b19-13+. The van der Waals surface area contributed by atoms with Gasteiger partial charge in [-0.2, -0.15) is 0 Å². The summed E-state index contributed by atoms with van der Waals surface area (Å²) in [5.41, 5.74) is 2.20. The van der Waals surface area contributed by atoms with Gasteiger partial charge in [0.05, 0.1) is 6.26 Å². The molecule has 2 aromatic carbocycles. The molecule has 0 atom stereocenters. The minimum atomic E-state index is -0.450. The highest BCUT2D eigenvalue weighted by molar-refractivity contribution is 9.10. The highest BCUT2D eigenvalue weighted by Gasteiger charge is 2.15. The molecule has 0 radical (unpaired) electrons. The Morgan fingerprint density at radius 2 is 1.70 bits per heavy atom. The lowest BCUT2D eigenvalue weighted by atomic mass is 10.1. The molecule has 0 spiro atoms. The lowest BCUT2D eigenvalue weighted by Gasteiger charge is -2.11.